The van der Waals surface area contributed by atoms with E-state index in [-0.39, 0.29) is 11.5 Å². The Hall–Kier alpha value is -1.34. The van der Waals surface area contributed by atoms with Crippen LogP contribution in [0.5, 0.6) is 0 Å². The molecular weight excluding hydrogens is 366 g/mol. The summed E-state index contributed by atoms with van der Waals surface area (Å²) < 4.78 is 0. The zero-order valence-electron chi connectivity index (χ0n) is 15.2. The Balaban J connectivity index is 1.37. The van der Waals surface area contributed by atoms with Crippen LogP contribution in [0.15, 0.2) is 4.79 Å². The average Bonchev–Trinajstić information content (AvgIpc) is 3.22. The second-order valence-electron chi connectivity index (χ2n) is 7.34. The summed E-state index contributed by atoms with van der Waals surface area (Å²) >= 11 is 3.20. The molecule has 1 fully saturated rings. The number of thiophene rings is 1. The summed E-state index contributed by atoms with van der Waals surface area (Å²) in [5.41, 5.74) is 1.19. The molecule has 0 radical (unpaired) electrons. The molecule has 0 unspecified atom stereocenters. The molecule has 2 aromatic heterocycles. The van der Waals surface area contributed by atoms with Crippen molar-refractivity contribution in [2.24, 2.45) is 0 Å². The molecule has 0 spiro atoms. The van der Waals surface area contributed by atoms with E-state index in [1.54, 1.807) is 11.3 Å². The van der Waals surface area contributed by atoms with Crippen molar-refractivity contribution in [3.05, 3.63) is 26.6 Å². The zero-order valence-corrected chi connectivity index (χ0v) is 16.8. The molecule has 7 heteroatoms. The third kappa shape index (κ3) is 3.56. The van der Waals surface area contributed by atoms with Crippen LogP contribution >= 0.6 is 23.1 Å². The van der Waals surface area contributed by atoms with E-state index in [9.17, 15) is 9.59 Å². The molecule has 0 bridgehead atoms. The summed E-state index contributed by atoms with van der Waals surface area (Å²) in [7, 11) is 1.93. The maximum atomic E-state index is 12.5. The van der Waals surface area contributed by atoms with Crippen molar-refractivity contribution < 1.29 is 4.79 Å². The van der Waals surface area contributed by atoms with Gasteiger partial charge < -0.3 is 9.88 Å². The van der Waals surface area contributed by atoms with Gasteiger partial charge in [0.25, 0.3) is 5.56 Å². The highest BCUT2D eigenvalue weighted by Gasteiger charge is 2.23. The van der Waals surface area contributed by atoms with Crippen LogP contribution < -0.4 is 5.56 Å². The predicted octanol–water partition coefficient (Wildman–Crippen LogP) is 3.50. The van der Waals surface area contributed by atoms with Crippen molar-refractivity contribution in [3.8, 4) is 0 Å². The number of aryl methyl sites for hydroxylation is 2. The van der Waals surface area contributed by atoms with E-state index in [0.717, 1.165) is 42.3 Å². The number of hydrogen-bond donors (Lipinski definition) is 1. The van der Waals surface area contributed by atoms with Crippen LogP contribution in [0.4, 0.5) is 0 Å². The second kappa shape index (κ2) is 7.72. The molecule has 2 aromatic rings. The molecule has 26 heavy (non-hydrogen) atoms. The molecular formula is C19H25N3O2S2. The molecule has 0 atom stereocenters. The first-order valence-corrected chi connectivity index (χ1v) is 11.5. The Morgan fingerprint density at radius 2 is 2.08 bits per heavy atom. The summed E-state index contributed by atoms with van der Waals surface area (Å²) in [6.45, 7) is 0. The molecule has 2 aliphatic rings. The monoisotopic (exact) mass is 391 g/mol. The number of hydrogen-bond acceptors (Lipinski definition) is 5. The van der Waals surface area contributed by atoms with Crippen LogP contribution in [-0.4, -0.2) is 39.6 Å². The van der Waals surface area contributed by atoms with Crippen LogP contribution in [0.25, 0.3) is 10.2 Å². The van der Waals surface area contributed by atoms with Crippen molar-refractivity contribution in [3.63, 3.8) is 0 Å². The van der Waals surface area contributed by atoms with Gasteiger partial charge in [0, 0.05) is 18.0 Å². The van der Waals surface area contributed by atoms with Gasteiger partial charge in [0.1, 0.15) is 10.7 Å². The van der Waals surface area contributed by atoms with Crippen molar-refractivity contribution in [2.75, 3.05) is 12.8 Å². The zero-order chi connectivity index (χ0) is 18.1. The minimum Gasteiger partial charge on any atom is -0.342 e. The third-order valence-corrected chi connectivity index (χ3v) is 7.72. The van der Waals surface area contributed by atoms with Gasteiger partial charge in [-0.05, 0) is 37.7 Å². The van der Waals surface area contributed by atoms with Gasteiger partial charge in [-0.1, -0.05) is 19.3 Å². The first kappa shape index (κ1) is 18.0. The summed E-state index contributed by atoms with van der Waals surface area (Å²) in [5.74, 6) is 1.87. The first-order valence-electron chi connectivity index (χ1n) is 9.50. The summed E-state index contributed by atoms with van der Waals surface area (Å²) in [5, 5.41) is 0.796. The molecule has 0 saturated heterocycles. The van der Waals surface area contributed by atoms with E-state index in [1.807, 2.05) is 11.9 Å². The minimum absolute atomic E-state index is 0.0179. The van der Waals surface area contributed by atoms with E-state index in [4.69, 9.17) is 0 Å². The van der Waals surface area contributed by atoms with E-state index in [2.05, 4.69) is 9.97 Å². The fourth-order valence-corrected chi connectivity index (χ4v) is 6.22. The van der Waals surface area contributed by atoms with E-state index in [0.29, 0.717) is 23.4 Å². The van der Waals surface area contributed by atoms with Crippen LogP contribution in [0.2, 0.25) is 0 Å². The fraction of sp³-hybridized carbons (Fsp3) is 0.632. The second-order valence-corrected chi connectivity index (χ2v) is 9.41. The number of aromatic nitrogens is 2. The molecule has 1 saturated carbocycles. The number of thioether (sulfide) groups is 1. The van der Waals surface area contributed by atoms with Crippen molar-refractivity contribution in [1.82, 2.24) is 14.9 Å². The lowest BCUT2D eigenvalue weighted by molar-refractivity contribution is -0.129. The average molecular weight is 392 g/mol. The van der Waals surface area contributed by atoms with E-state index < -0.39 is 0 Å². The lowest BCUT2D eigenvalue weighted by Crippen LogP contribution is -2.39. The SMILES string of the molecule is CN(C(=O)CSCc1nc2sc3c(c2c(=O)[nH]1)CCC3)C1CCCCC1. The Labute approximate surface area is 161 Å². The maximum Gasteiger partial charge on any atom is 0.259 e. The largest absolute Gasteiger partial charge is 0.342 e. The maximum absolute atomic E-state index is 12.5. The van der Waals surface area contributed by atoms with Gasteiger partial charge in [-0.15, -0.1) is 23.1 Å². The van der Waals surface area contributed by atoms with Gasteiger partial charge in [0.05, 0.1) is 16.9 Å². The highest BCUT2D eigenvalue weighted by Crippen LogP contribution is 2.34. The smallest absolute Gasteiger partial charge is 0.259 e. The minimum atomic E-state index is -0.0179. The number of H-pyrrole nitrogens is 1. The molecule has 1 N–H and O–H groups in total. The Morgan fingerprint density at radius 1 is 1.27 bits per heavy atom. The van der Waals surface area contributed by atoms with Gasteiger partial charge in [-0.25, -0.2) is 4.98 Å². The Morgan fingerprint density at radius 3 is 2.88 bits per heavy atom. The number of nitrogens with one attached hydrogen (secondary N) is 1. The van der Waals surface area contributed by atoms with E-state index in [1.165, 1.54) is 41.5 Å². The highest BCUT2D eigenvalue weighted by molar-refractivity contribution is 7.99. The van der Waals surface area contributed by atoms with E-state index >= 15 is 0 Å². The summed E-state index contributed by atoms with van der Waals surface area (Å²) in [6, 6.07) is 0.402. The van der Waals surface area contributed by atoms with Crippen molar-refractivity contribution >= 4 is 39.2 Å². The number of rotatable bonds is 5. The third-order valence-electron chi connectivity index (χ3n) is 5.60. The number of amides is 1. The number of aromatic amines is 1. The van der Waals surface area contributed by atoms with Crippen LogP contribution in [0, 0.1) is 0 Å². The molecule has 0 aromatic carbocycles. The highest BCUT2D eigenvalue weighted by atomic mass is 32.2. The van der Waals surface area contributed by atoms with Crippen LogP contribution in [0.3, 0.4) is 0 Å². The molecule has 4 rings (SSSR count). The lowest BCUT2D eigenvalue weighted by Gasteiger charge is -2.31. The topological polar surface area (TPSA) is 66.1 Å². The van der Waals surface area contributed by atoms with Crippen molar-refractivity contribution in [1.29, 1.82) is 0 Å². The standard InChI is InChI=1S/C19H25N3O2S2/c1-22(12-6-3-2-4-7-12)16(23)11-25-10-15-20-18(24)17-13-8-5-9-14(13)26-19(17)21-15/h12H,2-11H2,1H3,(H,20,21,24). The summed E-state index contributed by atoms with van der Waals surface area (Å²) in [6.07, 6.45) is 9.21. The number of carbonyl (C=O) groups is 1. The van der Waals surface area contributed by atoms with Gasteiger partial charge >= 0.3 is 0 Å². The Bertz CT molecular complexity index is 868. The fourth-order valence-electron chi connectivity index (χ4n) is 4.12. The van der Waals surface area contributed by atoms with Crippen LogP contribution in [0.1, 0.15) is 54.8 Å². The molecule has 5 nitrogen and oxygen atoms in total. The van der Waals surface area contributed by atoms with Crippen molar-refractivity contribution in [2.45, 2.75) is 63.2 Å². The summed E-state index contributed by atoms with van der Waals surface area (Å²) in [4.78, 5) is 36.6. The first-order chi connectivity index (χ1) is 12.6. The van der Waals surface area contributed by atoms with Gasteiger partial charge in [-0.3, -0.25) is 9.59 Å². The number of fused-ring (bicyclic) bond motifs is 3. The normalized spacial score (nSPS) is 17.6. The molecule has 140 valence electrons. The van der Waals surface area contributed by atoms with Gasteiger partial charge in [0.15, 0.2) is 0 Å². The van der Waals surface area contributed by atoms with Gasteiger partial charge in [0.2, 0.25) is 5.91 Å². The molecule has 0 aliphatic heterocycles. The molecule has 2 heterocycles. The Kier molecular flexibility index (Phi) is 5.36. The lowest BCUT2D eigenvalue weighted by atomic mass is 9.94. The molecule has 2 aliphatic carbocycles. The number of nitrogens with zero attached hydrogens (tertiary/aromatic N) is 2. The molecule has 1 amide bonds. The van der Waals surface area contributed by atoms with Crippen LogP contribution in [-0.2, 0) is 23.4 Å². The van der Waals surface area contributed by atoms with Gasteiger partial charge in [-0.2, -0.15) is 0 Å². The predicted molar refractivity (Wildman–Crippen MR) is 108 cm³/mol. The number of carbonyl (C=O) groups excluding carboxylic acids is 1. The quantitative estimate of drug-likeness (QED) is 0.847.